The summed E-state index contributed by atoms with van der Waals surface area (Å²) in [5.74, 6) is -2.54. The molecule has 4 N–H and O–H groups in total. The van der Waals surface area contributed by atoms with Gasteiger partial charge in [-0.05, 0) is 25.1 Å². The molecule has 1 rings (SSSR count). The maximum Gasteiger partial charge on any atom is 0.337 e. The summed E-state index contributed by atoms with van der Waals surface area (Å²) in [4.78, 5) is 22.0. The van der Waals surface area contributed by atoms with Gasteiger partial charge in [0.1, 0.15) is 5.82 Å². The predicted molar refractivity (Wildman–Crippen MR) is 55.6 cm³/mol. The molecule has 1 atom stereocenters. The second-order valence-corrected chi connectivity index (χ2v) is 3.27. The number of anilines is 1. The Balaban J connectivity index is 3.04. The highest BCUT2D eigenvalue weighted by atomic mass is 19.1. The lowest BCUT2D eigenvalue weighted by Gasteiger charge is -2.10. The van der Waals surface area contributed by atoms with Crippen LogP contribution in [0.1, 0.15) is 17.3 Å². The Morgan fingerprint density at radius 3 is 2.62 bits per heavy atom. The molecule has 1 aromatic carbocycles. The average molecular weight is 226 g/mol. The highest BCUT2D eigenvalue weighted by Crippen LogP contribution is 2.17. The Bertz CT molecular complexity index is 432. The van der Waals surface area contributed by atoms with E-state index in [4.69, 9.17) is 10.8 Å². The van der Waals surface area contributed by atoms with E-state index in [2.05, 4.69) is 5.32 Å². The Labute approximate surface area is 91.1 Å². The number of carboxylic acids is 1. The van der Waals surface area contributed by atoms with Crippen LogP contribution in [0.3, 0.4) is 0 Å². The smallest absolute Gasteiger partial charge is 0.337 e. The maximum atomic E-state index is 12.8. The molecule has 1 aromatic rings. The first kappa shape index (κ1) is 12.1. The van der Waals surface area contributed by atoms with Crippen molar-refractivity contribution in [2.75, 3.05) is 5.32 Å². The number of benzene rings is 1. The molecule has 0 saturated carbocycles. The van der Waals surface area contributed by atoms with E-state index in [1.165, 1.54) is 13.0 Å². The first-order valence-corrected chi connectivity index (χ1v) is 4.51. The average Bonchev–Trinajstić information content (AvgIpc) is 2.20. The van der Waals surface area contributed by atoms with Gasteiger partial charge in [-0.15, -0.1) is 0 Å². The van der Waals surface area contributed by atoms with Crippen molar-refractivity contribution >= 4 is 17.6 Å². The minimum atomic E-state index is -1.32. The number of carbonyl (C=O) groups is 2. The van der Waals surface area contributed by atoms with Gasteiger partial charge in [-0.3, -0.25) is 4.79 Å². The van der Waals surface area contributed by atoms with Crippen LogP contribution in [-0.2, 0) is 4.79 Å². The van der Waals surface area contributed by atoms with Crippen molar-refractivity contribution in [3.8, 4) is 0 Å². The SMILES string of the molecule is CC(N)C(=O)Nc1ccc(F)cc1C(=O)O. The van der Waals surface area contributed by atoms with Crippen molar-refractivity contribution in [2.45, 2.75) is 13.0 Å². The van der Waals surface area contributed by atoms with Crippen LogP contribution >= 0.6 is 0 Å². The predicted octanol–water partition coefficient (Wildman–Crippen LogP) is 0.810. The standard InChI is InChI=1S/C10H11FN2O3/c1-5(12)9(14)13-8-3-2-6(11)4-7(8)10(15)16/h2-5H,12H2,1H3,(H,13,14)(H,15,16). The van der Waals surface area contributed by atoms with Crippen molar-refractivity contribution < 1.29 is 19.1 Å². The van der Waals surface area contributed by atoms with Crippen molar-refractivity contribution in [1.82, 2.24) is 0 Å². The monoisotopic (exact) mass is 226 g/mol. The molecule has 0 saturated heterocycles. The molecule has 0 fully saturated rings. The molecule has 0 bridgehead atoms. The number of nitrogens with one attached hydrogen (secondary N) is 1. The number of amides is 1. The molecular formula is C10H11FN2O3. The van der Waals surface area contributed by atoms with Crippen molar-refractivity contribution in [2.24, 2.45) is 5.73 Å². The highest BCUT2D eigenvalue weighted by molar-refractivity contribution is 6.01. The van der Waals surface area contributed by atoms with Crippen LogP contribution < -0.4 is 11.1 Å². The fourth-order valence-corrected chi connectivity index (χ4v) is 1.05. The second-order valence-electron chi connectivity index (χ2n) is 3.27. The molecule has 0 aliphatic carbocycles. The summed E-state index contributed by atoms with van der Waals surface area (Å²) in [6.07, 6.45) is 0. The van der Waals surface area contributed by atoms with E-state index in [9.17, 15) is 14.0 Å². The molecule has 0 aliphatic heterocycles. The van der Waals surface area contributed by atoms with E-state index >= 15 is 0 Å². The van der Waals surface area contributed by atoms with Crippen LogP contribution in [0.4, 0.5) is 10.1 Å². The van der Waals surface area contributed by atoms with Gasteiger partial charge in [0.15, 0.2) is 0 Å². The number of halogens is 1. The summed E-state index contributed by atoms with van der Waals surface area (Å²) < 4.78 is 12.8. The summed E-state index contributed by atoms with van der Waals surface area (Å²) in [6, 6.07) is 2.30. The molecule has 0 spiro atoms. The fourth-order valence-electron chi connectivity index (χ4n) is 1.05. The zero-order chi connectivity index (χ0) is 12.3. The van der Waals surface area contributed by atoms with Gasteiger partial charge in [-0.1, -0.05) is 0 Å². The first-order valence-electron chi connectivity index (χ1n) is 4.51. The van der Waals surface area contributed by atoms with E-state index in [0.717, 1.165) is 12.1 Å². The van der Waals surface area contributed by atoms with Gasteiger partial charge in [0.05, 0.1) is 17.3 Å². The molecule has 0 heterocycles. The zero-order valence-electron chi connectivity index (χ0n) is 8.53. The molecular weight excluding hydrogens is 215 g/mol. The lowest BCUT2D eigenvalue weighted by Crippen LogP contribution is -2.33. The molecule has 1 unspecified atom stereocenters. The number of rotatable bonds is 3. The Kier molecular flexibility index (Phi) is 3.57. The van der Waals surface area contributed by atoms with Crippen molar-refractivity contribution in [1.29, 1.82) is 0 Å². The van der Waals surface area contributed by atoms with Gasteiger partial charge in [0.2, 0.25) is 5.91 Å². The molecule has 0 aromatic heterocycles. The quantitative estimate of drug-likeness (QED) is 0.711. The van der Waals surface area contributed by atoms with Crippen LogP contribution in [0.2, 0.25) is 0 Å². The Morgan fingerprint density at radius 1 is 1.50 bits per heavy atom. The lowest BCUT2D eigenvalue weighted by atomic mass is 10.1. The molecule has 1 amide bonds. The van der Waals surface area contributed by atoms with Crippen LogP contribution in [0.5, 0.6) is 0 Å². The number of nitrogens with two attached hydrogens (primary N) is 1. The first-order chi connectivity index (χ1) is 7.41. The van der Waals surface area contributed by atoms with Crippen molar-refractivity contribution in [3.05, 3.63) is 29.6 Å². The second kappa shape index (κ2) is 4.71. The maximum absolute atomic E-state index is 12.8. The minimum absolute atomic E-state index is 0.0243. The van der Waals surface area contributed by atoms with Crippen LogP contribution in [0, 0.1) is 5.82 Å². The van der Waals surface area contributed by atoms with Gasteiger partial charge < -0.3 is 16.2 Å². The fraction of sp³-hybridized carbons (Fsp3) is 0.200. The van der Waals surface area contributed by atoms with Crippen LogP contribution in [-0.4, -0.2) is 23.0 Å². The summed E-state index contributed by atoms with van der Waals surface area (Å²) in [6.45, 7) is 1.46. The molecule has 0 aliphatic rings. The van der Waals surface area contributed by atoms with E-state index in [1.807, 2.05) is 0 Å². The number of hydrogen-bond donors (Lipinski definition) is 3. The van der Waals surface area contributed by atoms with E-state index in [1.54, 1.807) is 0 Å². The normalized spacial score (nSPS) is 11.9. The van der Waals surface area contributed by atoms with Gasteiger partial charge in [-0.2, -0.15) is 0 Å². The largest absolute Gasteiger partial charge is 0.478 e. The lowest BCUT2D eigenvalue weighted by molar-refractivity contribution is -0.117. The molecule has 6 heteroatoms. The van der Waals surface area contributed by atoms with Gasteiger partial charge in [0, 0.05) is 0 Å². The highest BCUT2D eigenvalue weighted by Gasteiger charge is 2.15. The summed E-state index contributed by atoms with van der Waals surface area (Å²) >= 11 is 0. The summed E-state index contributed by atoms with van der Waals surface area (Å²) in [7, 11) is 0. The Morgan fingerprint density at radius 2 is 2.12 bits per heavy atom. The summed E-state index contributed by atoms with van der Waals surface area (Å²) in [5, 5.41) is 11.1. The minimum Gasteiger partial charge on any atom is -0.478 e. The molecule has 0 radical (unpaired) electrons. The molecule has 16 heavy (non-hydrogen) atoms. The Hall–Kier alpha value is -1.95. The third-order valence-corrected chi connectivity index (χ3v) is 1.88. The van der Waals surface area contributed by atoms with Gasteiger partial charge in [0.25, 0.3) is 0 Å². The number of carbonyl (C=O) groups excluding carboxylic acids is 1. The molecule has 5 nitrogen and oxygen atoms in total. The molecule has 86 valence electrons. The third kappa shape index (κ3) is 2.77. The van der Waals surface area contributed by atoms with Crippen LogP contribution in [0.25, 0.3) is 0 Å². The van der Waals surface area contributed by atoms with E-state index in [-0.39, 0.29) is 11.3 Å². The third-order valence-electron chi connectivity index (χ3n) is 1.88. The number of carboxylic acid groups (broad SMARTS) is 1. The number of aromatic carboxylic acids is 1. The van der Waals surface area contributed by atoms with Crippen LogP contribution in [0.15, 0.2) is 18.2 Å². The van der Waals surface area contributed by atoms with Crippen molar-refractivity contribution in [3.63, 3.8) is 0 Å². The summed E-state index contributed by atoms with van der Waals surface area (Å²) in [5.41, 5.74) is 5.02. The van der Waals surface area contributed by atoms with Gasteiger partial charge >= 0.3 is 5.97 Å². The van der Waals surface area contributed by atoms with Gasteiger partial charge in [-0.25, -0.2) is 9.18 Å². The van der Waals surface area contributed by atoms with E-state index < -0.39 is 23.7 Å². The topological polar surface area (TPSA) is 92.4 Å². The van der Waals surface area contributed by atoms with E-state index in [0.29, 0.717) is 0 Å². The number of hydrogen-bond acceptors (Lipinski definition) is 3. The zero-order valence-corrected chi connectivity index (χ0v) is 8.53.